The summed E-state index contributed by atoms with van der Waals surface area (Å²) in [6.07, 6.45) is 13.9. The lowest BCUT2D eigenvalue weighted by molar-refractivity contribution is 0.573. The molecular formula is C11H17N3. The van der Waals surface area contributed by atoms with E-state index >= 15 is 0 Å². The van der Waals surface area contributed by atoms with Gasteiger partial charge in [-0.05, 0) is 25.9 Å². The van der Waals surface area contributed by atoms with E-state index < -0.39 is 0 Å². The summed E-state index contributed by atoms with van der Waals surface area (Å²) in [6, 6.07) is 0. The van der Waals surface area contributed by atoms with Crippen LogP contribution in [-0.2, 0) is 6.54 Å². The first-order valence-electron chi connectivity index (χ1n) is 5.03. The summed E-state index contributed by atoms with van der Waals surface area (Å²) in [6.45, 7) is 3.10. The number of imidazole rings is 1. The summed E-state index contributed by atoms with van der Waals surface area (Å²) in [5.41, 5.74) is 0. The number of terminal acetylenes is 1. The quantitative estimate of drug-likeness (QED) is 0.519. The van der Waals surface area contributed by atoms with E-state index in [9.17, 15) is 0 Å². The van der Waals surface area contributed by atoms with Gasteiger partial charge in [0.1, 0.15) is 0 Å². The van der Waals surface area contributed by atoms with Gasteiger partial charge in [-0.3, -0.25) is 0 Å². The second kappa shape index (κ2) is 7.16. The molecule has 3 nitrogen and oxygen atoms in total. The number of aromatic nitrogens is 2. The second-order valence-electron chi connectivity index (χ2n) is 3.21. The van der Waals surface area contributed by atoms with Gasteiger partial charge in [-0.1, -0.05) is 0 Å². The van der Waals surface area contributed by atoms with Gasteiger partial charge < -0.3 is 9.88 Å². The Morgan fingerprint density at radius 2 is 2.21 bits per heavy atom. The van der Waals surface area contributed by atoms with Crippen LogP contribution in [0.3, 0.4) is 0 Å². The Hall–Kier alpha value is -1.27. The zero-order valence-electron chi connectivity index (χ0n) is 8.45. The minimum atomic E-state index is 0.870. The molecule has 0 aliphatic carbocycles. The molecular weight excluding hydrogens is 174 g/mol. The van der Waals surface area contributed by atoms with Gasteiger partial charge in [-0.2, -0.15) is 0 Å². The van der Waals surface area contributed by atoms with Crippen molar-refractivity contribution in [3.05, 3.63) is 18.7 Å². The van der Waals surface area contributed by atoms with E-state index in [2.05, 4.69) is 20.8 Å². The zero-order valence-corrected chi connectivity index (χ0v) is 8.45. The number of rotatable bonds is 7. The Morgan fingerprint density at radius 1 is 1.36 bits per heavy atom. The summed E-state index contributed by atoms with van der Waals surface area (Å²) in [7, 11) is 0. The minimum absolute atomic E-state index is 0.870. The topological polar surface area (TPSA) is 29.9 Å². The molecule has 76 valence electrons. The van der Waals surface area contributed by atoms with E-state index in [1.54, 1.807) is 6.20 Å². The van der Waals surface area contributed by atoms with Crippen molar-refractivity contribution in [1.82, 2.24) is 14.9 Å². The van der Waals surface area contributed by atoms with Crippen LogP contribution >= 0.6 is 0 Å². The second-order valence-corrected chi connectivity index (χ2v) is 3.21. The van der Waals surface area contributed by atoms with Crippen LogP contribution < -0.4 is 5.32 Å². The molecule has 0 atom stereocenters. The largest absolute Gasteiger partial charge is 0.337 e. The molecule has 0 aromatic carbocycles. The van der Waals surface area contributed by atoms with Crippen molar-refractivity contribution in [2.45, 2.75) is 25.8 Å². The number of hydrogen-bond donors (Lipinski definition) is 1. The molecule has 0 aliphatic heterocycles. The van der Waals surface area contributed by atoms with Gasteiger partial charge >= 0.3 is 0 Å². The van der Waals surface area contributed by atoms with Crippen LogP contribution in [0.15, 0.2) is 18.7 Å². The van der Waals surface area contributed by atoms with Crippen LogP contribution in [0.2, 0.25) is 0 Å². The number of nitrogens with zero attached hydrogens (tertiary/aromatic N) is 2. The average Bonchev–Trinajstić information content (AvgIpc) is 2.69. The van der Waals surface area contributed by atoms with Crippen molar-refractivity contribution < 1.29 is 0 Å². The van der Waals surface area contributed by atoms with Gasteiger partial charge in [-0.25, -0.2) is 4.98 Å². The van der Waals surface area contributed by atoms with E-state index in [1.807, 2.05) is 12.5 Å². The fourth-order valence-corrected chi connectivity index (χ4v) is 1.25. The molecule has 0 saturated carbocycles. The first kappa shape index (κ1) is 10.8. The smallest absolute Gasteiger partial charge is 0.0945 e. The molecule has 1 rings (SSSR count). The van der Waals surface area contributed by atoms with Crippen LogP contribution in [0.1, 0.15) is 19.3 Å². The standard InChI is InChI=1S/C11H17N3/c1-2-3-4-6-12-7-5-9-14-10-8-13-11-14/h1,8,10-12H,3-7,9H2. The Morgan fingerprint density at radius 3 is 2.93 bits per heavy atom. The van der Waals surface area contributed by atoms with Crippen molar-refractivity contribution in [1.29, 1.82) is 0 Å². The lowest BCUT2D eigenvalue weighted by atomic mass is 10.3. The van der Waals surface area contributed by atoms with E-state index in [-0.39, 0.29) is 0 Å². The van der Waals surface area contributed by atoms with Crippen LogP contribution in [0.25, 0.3) is 0 Å². The maximum absolute atomic E-state index is 5.15. The molecule has 1 aromatic heterocycles. The van der Waals surface area contributed by atoms with E-state index in [1.165, 1.54) is 0 Å². The minimum Gasteiger partial charge on any atom is -0.337 e. The molecule has 0 spiro atoms. The number of aryl methyl sites for hydroxylation is 1. The lowest BCUT2D eigenvalue weighted by Crippen LogP contribution is -2.17. The third-order valence-electron chi connectivity index (χ3n) is 2.00. The van der Waals surface area contributed by atoms with Gasteiger partial charge in [0.05, 0.1) is 6.33 Å². The molecule has 1 heterocycles. The molecule has 14 heavy (non-hydrogen) atoms. The number of hydrogen-bond acceptors (Lipinski definition) is 2. The molecule has 3 heteroatoms. The average molecular weight is 191 g/mol. The lowest BCUT2D eigenvalue weighted by Gasteiger charge is -2.03. The first-order valence-corrected chi connectivity index (χ1v) is 5.03. The fraction of sp³-hybridized carbons (Fsp3) is 0.545. The molecule has 0 aliphatic rings. The Kier molecular flexibility index (Phi) is 5.53. The van der Waals surface area contributed by atoms with Crippen LogP contribution in [0.4, 0.5) is 0 Å². The molecule has 0 amide bonds. The molecule has 1 aromatic rings. The highest BCUT2D eigenvalue weighted by molar-refractivity contribution is 4.83. The Labute approximate surface area is 85.5 Å². The highest BCUT2D eigenvalue weighted by Crippen LogP contribution is 1.89. The van der Waals surface area contributed by atoms with Gasteiger partial charge in [0.25, 0.3) is 0 Å². The number of nitrogens with one attached hydrogen (secondary N) is 1. The van der Waals surface area contributed by atoms with Crippen molar-refractivity contribution in [2.75, 3.05) is 13.1 Å². The van der Waals surface area contributed by atoms with E-state index in [0.29, 0.717) is 0 Å². The van der Waals surface area contributed by atoms with Crippen molar-refractivity contribution >= 4 is 0 Å². The third-order valence-corrected chi connectivity index (χ3v) is 2.00. The van der Waals surface area contributed by atoms with Crippen molar-refractivity contribution in [3.63, 3.8) is 0 Å². The SMILES string of the molecule is C#CCCCNCCCn1ccnc1. The molecule has 1 N–H and O–H groups in total. The maximum atomic E-state index is 5.15. The van der Waals surface area contributed by atoms with E-state index in [4.69, 9.17) is 6.42 Å². The fourth-order valence-electron chi connectivity index (χ4n) is 1.25. The van der Waals surface area contributed by atoms with Gasteiger partial charge in [0.2, 0.25) is 0 Å². The maximum Gasteiger partial charge on any atom is 0.0945 e. The highest BCUT2D eigenvalue weighted by Gasteiger charge is 1.90. The Balaban J connectivity index is 1.88. The zero-order chi connectivity index (χ0) is 10.1. The van der Waals surface area contributed by atoms with Crippen LogP contribution in [-0.4, -0.2) is 22.6 Å². The van der Waals surface area contributed by atoms with Crippen LogP contribution in [0, 0.1) is 12.3 Å². The summed E-state index contributed by atoms with van der Waals surface area (Å²) in [5, 5.41) is 3.35. The predicted molar refractivity (Wildman–Crippen MR) is 57.8 cm³/mol. The predicted octanol–water partition coefficient (Wildman–Crippen LogP) is 1.28. The summed E-state index contributed by atoms with van der Waals surface area (Å²) in [5.74, 6) is 2.63. The van der Waals surface area contributed by atoms with E-state index in [0.717, 1.165) is 38.9 Å². The van der Waals surface area contributed by atoms with Gasteiger partial charge in [0.15, 0.2) is 0 Å². The molecule has 0 unspecified atom stereocenters. The summed E-state index contributed by atoms with van der Waals surface area (Å²) >= 11 is 0. The summed E-state index contributed by atoms with van der Waals surface area (Å²) < 4.78 is 2.09. The monoisotopic (exact) mass is 191 g/mol. The molecule has 0 saturated heterocycles. The number of unbranched alkanes of at least 4 members (excludes halogenated alkanes) is 1. The normalized spacial score (nSPS) is 9.93. The first-order chi connectivity index (χ1) is 6.93. The highest BCUT2D eigenvalue weighted by atomic mass is 15.0. The molecule has 0 fully saturated rings. The molecule has 0 bridgehead atoms. The van der Waals surface area contributed by atoms with Gasteiger partial charge in [-0.15, -0.1) is 12.3 Å². The van der Waals surface area contributed by atoms with Crippen molar-refractivity contribution in [2.24, 2.45) is 0 Å². The molecule has 0 radical (unpaired) electrons. The van der Waals surface area contributed by atoms with Crippen LogP contribution in [0.5, 0.6) is 0 Å². The Bertz CT molecular complexity index is 259. The third kappa shape index (κ3) is 4.68. The summed E-state index contributed by atoms with van der Waals surface area (Å²) in [4.78, 5) is 3.98. The van der Waals surface area contributed by atoms with Crippen molar-refractivity contribution in [3.8, 4) is 12.3 Å². The van der Waals surface area contributed by atoms with Gasteiger partial charge in [0, 0.05) is 25.4 Å².